The predicted molar refractivity (Wildman–Crippen MR) is 119 cm³/mol. The van der Waals surface area contributed by atoms with Crippen LogP contribution in [0.2, 0.25) is 0 Å². The molecule has 1 aliphatic heterocycles. The number of fused-ring (bicyclic) bond motifs is 1. The lowest BCUT2D eigenvalue weighted by atomic mass is 9.74. The fourth-order valence-corrected chi connectivity index (χ4v) is 5.92. The van der Waals surface area contributed by atoms with Crippen molar-refractivity contribution in [3.05, 3.63) is 80.4 Å². The molecule has 5 rings (SSSR count). The Morgan fingerprint density at radius 3 is 2.66 bits per heavy atom. The van der Waals surface area contributed by atoms with Gasteiger partial charge >= 0.3 is 0 Å². The number of hydrogen-bond acceptors (Lipinski definition) is 5. The number of aromatic nitrogens is 1. The highest BCUT2D eigenvalue weighted by Gasteiger charge is 2.45. The molecule has 0 saturated heterocycles. The third kappa shape index (κ3) is 3.47. The predicted octanol–water partition coefficient (Wildman–Crippen LogP) is 5.89. The van der Waals surface area contributed by atoms with E-state index in [4.69, 9.17) is 5.10 Å². The minimum absolute atomic E-state index is 0.0415. The molecule has 3 atom stereocenters. The summed E-state index contributed by atoms with van der Waals surface area (Å²) in [5, 5.41) is 10.8. The van der Waals surface area contributed by atoms with Gasteiger partial charge in [-0.05, 0) is 65.4 Å². The van der Waals surface area contributed by atoms with Crippen LogP contribution in [0.1, 0.15) is 45.9 Å². The van der Waals surface area contributed by atoms with Gasteiger partial charge in [0, 0.05) is 33.6 Å². The van der Waals surface area contributed by atoms with Crippen molar-refractivity contribution in [2.24, 2.45) is 16.9 Å². The van der Waals surface area contributed by atoms with Crippen LogP contribution in [-0.2, 0) is 0 Å². The maximum atomic E-state index is 13.4. The van der Waals surface area contributed by atoms with Crippen LogP contribution in [0.5, 0.6) is 0 Å². The van der Waals surface area contributed by atoms with Crippen molar-refractivity contribution in [3.8, 4) is 0 Å². The van der Waals surface area contributed by atoms with Crippen LogP contribution in [0, 0.1) is 11.8 Å². The highest BCUT2D eigenvalue weighted by Crippen LogP contribution is 2.47. The van der Waals surface area contributed by atoms with Crippen molar-refractivity contribution in [1.29, 1.82) is 0 Å². The molecule has 0 spiro atoms. The van der Waals surface area contributed by atoms with Gasteiger partial charge in [-0.15, -0.1) is 22.7 Å². The van der Waals surface area contributed by atoms with Crippen LogP contribution < -0.4 is 0 Å². The number of hydrazone groups is 1. The number of thiophene rings is 2. The summed E-state index contributed by atoms with van der Waals surface area (Å²) in [4.78, 5) is 19.9. The average Bonchev–Trinajstić information content (AvgIpc) is 3.48. The number of allylic oxidation sites excluding steroid dienone is 1. The van der Waals surface area contributed by atoms with Crippen molar-refractivity contribution in [2.75, 3.05) is 0 Å². The number of carbonyl (C=O) groups is 1. The third-order valence-electron chi connectivity index (χ3n) is 5.59. The first-order valence-corrected chi connectivity index (χ1v) is 11.6. The zero-order valence-electron chi connectivity index (χ0n) is 16.1. The lowest BCUT2D eigenvalue weighted by molar-refractivity contribution is 0.0680. The monoisotopic (exact) mass is 419 g/mol. The van der Waals surface area contributed by atoms with Crippen molar-refractivity contribution >= 4 is 40.4 Å². The van der Waals surface area contributed by atoms with E-state index < -0.39 is 0 Å². The van der Waals surface area contributed by atoms with Crippen LogP contribution >= 0.6 is 22.7 Å². The lowest BCUT2D eigenvalue weighted by Crippen LogP contribution is -2.32. The lowest BCUT2D eigenvalue weighted by Gasteiger charge is -2.31. The molecule has 1 fully saturated rings. The molecule has 4 nitrogen and oxygen atoms in total. The molecule has 4 heterocycles. The van der Waals surface area contributed by atoms with Crippen LogP contribution in [0.15, 0.2) is 70.2 Å². The average molecular weight is 420 g/mol. The maximum absolute atomic E-state index is 13.4. The Morgan fingerprint density at radius 2 is 1.93 bits per heavy atom. The Labute approximate surface area is 178 Å². The molecule has 3 aromatic rings. The SMILES string of the molecule is C[C@@H]1C/C(=C/c2cccs2)C2=NN(C(=O)c3ccncc3)[C@@H](c3cccs3)[C@@H]2C1. The van der Waals surface area contributed by atoms with Crippen LogP contribution in [0.4, 0.5) is 0 Å². The second-order valence-corrected chi connectivity index (χ2v) is 9.63. The summed E-state index contributed by atoms with van der Waals surface area (Å²) in [6, 6.07) is 11.9. The minimum Gasteiger partial charge on any atom is -0.267 e. The van der Waals surface area contributed by atoms with E-state index in [9.17, 15) is 4.79 Å². The number of rotatable bonds is 3. The van der Waals surface area contributed by atoms with Gasteiger partial charge in [0.2, 0.25) is 0 Å². The molecule has 6 heteroatoms. The molecular weight excluding hydrogens is 398 g/mol. The smallest absolute Gasteiger partial charge is 0.267 e. The third-order valence-corrected chi connectivity index (χ3v) is 7.36. The molecule has 1 amide bonds. The van der Waals surface area contributed by atoms with Crippen molar-refractivity contribution in [3.63, 3.8) is 0 Å². The van der Waals surface area contributed by atoms with Crippen molar-refractivity contribution in [2.45, 2.75) is 25.8 Å². The van der Waals surface area contributed by atoms with Gasteiger partial charge in [0.05, 0.1) is 11.8 Å². The first-order chi connectivity index (χ1) is 14.2. The molecule has 2 aliphatic rings. The fourth-order valence-electron chi connectivity index (χ4n) is 4.37. The topological polar surface area (TPSA) is 45.6 Å². The van der Waals surface area contributed by atoms with Gasteiger partial charge in [-0.1, -0.05) is 19.1 Å². The molecule has 1 aliphatic carbocycles. The van der Waals surface area contributed by atoms with Gasteiger partial charge < -0.3 is 0 Å². The summed E-state index contributed by atoms with van der Waals surface area (Å²) in [6.45, 7) is 2.30. The van der Waals surface area contributed by atoms with E-state index in [0.29, 0.717) is 11.5 Å². The Hall–Kier alpha value is -2.57. The second-order valence-electron chi connectivity index (χ2n) is 7.67. The molecular formula is C23H21N3OS2. The van der Waals surface area contributed by atoms with Crippen LogP contribution in [0.3, 0.4) is 0 Å². The summed E-state index contributed by atoms with van der Waals surface area (Å²) < 4.78 is 0. The van der Waals surface area contributed by atoms with E-state index in [1.54, 1.807) is 52.2 Å². The van der Waals surface area contributed by atoms with Gasteiger partial charge in [-0.3, -0.25) is 9.78 Å². The van der Waals surface area contributed by atoms with E-state index in [0.717, 1.165) is 18.6 Å². The molecule has 0 radical (unpaired) electrons. The van der Waals surface area contributed by atoms with E-state index >= 15 is 0 Å². The molecule has 1 saturated carbocycles. The molecule has 3 aromatic heterocycles. The number of nitrogens with zero attached hydrogens (tertiary/aromatic N) is 3. The summed E-state index contributed by atoms with van der Waals surface area (Å²) in [5.41, 5.74) is 2.97. The number of amides is 1. The molecule has 0 bridgehead atoms. The highest BCUT2D eigenvalue weighted by atomic mass is 32.1. The van der Waals surface area contributed by atoms with Gasteiger partial charge in [-0.25, -0.2) is 5.01 Å². The Bertz CT molecular complexity index is 1060. The minimum atomic E-state index is -0.0594. The Balaban J connectivity index is 1.59. The Kier molecular flexibility index (Phi) is 4.89. The number of carbonyl (C=O) groups excluding carboxylic acids is 1. The van der Waals surface area contributed by atoms with Gasteiger partial charge in [0.1, 0.15) is 0 Å². The maximum Gasteiger partial charge on any atom is 0.274 e. The zero-order chi connectivity index (χ0) is 19.8. The summed E-state index contributed by atoms with van der Waals surface area (Å²) in [6.07, 6.45) is 7.63. The first kappa shape index (κ1) is 18.5. The molecule has 0 unspecified atom stereocenters. The number of hydrogen-bond donors (Lipinski definition) is 0. The second kappa shape index (κ2) is 7.69. The largest absolute Gasteiger partial charge is 0.274 e. The quantitative estimate of drug-likeness (QED) is 0.531. The highest BCUT2D eigenvalue weighted by molar-refractivity contribution is 7.11. The van der Waals surface area contributed by atoms with E-state index in [1.807, 2.05) is 0 Å². The van der Waals surface area contributed by atoms with E-state index in [2.05, 4.69) is 53.0 Å². The summed E-state index contributed by atoms with van der Waals surface area (Å²) >= 11 is 3.44. The standard InChI is InChI=1S/C23H21N3OS2/c1-15-12-17(14-18-4-2-10-28-18)21-19(13-15)22(20-5-3-11-29-20)26(25-21)23(27)16-6-8-24-9-7-16/h2-11,14-15,19,22H,12-13H2,1H3/b17-14-/t15-,19-,22-/m1/s1. The van der Waals surface area contributed by atoms with Gasteiger partial charge in [0.25, 0.3) is 5.91 Å². The molecule has 0 N–H and O–H groups in total. The summed E-state index contributed by atoms with van der Waals surface area (Å²) in [5.74, 6) is 0.730. The van der Waals surface area contributed by atoms with E-state index in [-0.39, 0.29) is 17.9 Å². The van der Waals surface area contributed by atoms with E-state index in [1.165, 1.54) is 15.3 Å². The molecule has 29 heavy (non-hydrogen) atoms. The first-order valence-electron chi connectivity index (χ1n) is 9.80. The molecule has 0 aromatic carbocycles. The van der Waals surface area contributed by atoms with Gasteiger partial charge in [0.15, 0.2) is 0 Å². The molecule has 146 valence electrons. The zero-order valence-corrected chi connectivity index (χ0v) is 17.7. The van der Waals surface area contributed by atoms with Crippen LogP contribution in [-0.4, -0.2) is 21.6 Å². The van der Waals surface area contributed by atoms with Gasteiger partial charge in [-0.2, -0.15) is 5.10 Å². The Morgan fingerprint density at radius 1 is 1.14 bits per heavy atom. The van der Waals surface area contributed by atoms with Crippen LogP contribution in [0.25, 0.3) is 6.08 Å². The number of pyridine rings is 1. The normalized spacial score (nSPS) is 25.1. The summed E-state index contributed by atoms with van der Waals surface area (Å²) in [7, 11) is 0. The van der Waals surface area contributed by atoms with Crippen molar-refractivity contribution in [1.82, 2.24) is 9.99 Å². The van der Waals surface area contributed by atoms with Crippen molar-refractivity contribution < 1.29 is 4.79 Å². The fraction of sp³-hybridized carbons (Fsp3) is 0.261.